The minimum Gasteiger partial charge on any atom is -0.493 e. The van der Waals surface area contributed by atoms with Crippen molar-refractivity contribution in [1.29, 1.82) is 0 Å². The summed E-state index contributed by atoms with van der Waals surface area (Å²) in [7, 11) is 1.42. The first-order valence-corrected chi connectivity index (χ1v) is 6.72. The Balaban J connectivity index is 2.25. The number of nitrogens with two attached hydrogens (primary N) is 1. The van der Waals surface area contributed by atoms with E-state index in [9.17, 15) is 8.78 Å². The van der Waals surface area contributed by atoms with Crippen molar-refractivity contribution >= 4 is 0 Å². The van der Waals surface area contributed by atoms with Crippen LogP contribution >= 0.6 is 0 Å². The van der Waals surface area contributed by atoms with Gasteiger partial charge >= 0.3 is 6.61 Å². The molecule has 1 aromatic rings. The van der Waals surface area contributed by atoms with Crippen molar-refractivity contribution < 1.29 is 18.3 Å². The van der Waals surface area contributed by atoms with Crippen LogP contribution in [0.4, 0.5) is 8.78 Å². The van der Waals surface area contributed by atoms with Crippen molar-refractivity contribution in [2.75, 3.05) is 26.7 Å². The normalized spacial score (nSPS) is 17.4. The van der Waals surface area contributed by atoms with E-state index in [4.69, 9.17) is 10.5 Å². The summed E-state index contributed by atoms with van der Waals surface area (Å²) in [5.74, 6) is 0.351. The zero-order chi connectivity index (χ0) is 14.5. The van der Waals surface area contributed by atoms with Crippen molar-refractivity contribution in [2.24, 2.45) is 5.73 Å². The average molecular weight is 286 g/mol. The number of nitrogens with zero attached hydrogens (tertiary/aromatic N) is 1. The Bertz CT molecular complexity index is 437. The molecule has 20 heavy (non-hydrogen) atoms. The maximum atomic E-state index is 12.4. The number of hydrogen-bond acceptors (Lipinski definition) is 4. The van der Waals surface area contributed by atoms with Gasteiger partial charge < -0.3 is 15.2 Å². The molecule has 0 aromatic heterocycles. The third kappa shape index (κ3) is 3.37. The molecule has 0 radical (unpaired) electrons. The lowest BCUT2D eigenvalue weighted by atomic mass is 10.0. The lowest BCUT2D eigenvalue weighted by Crippen LogP contribution is -2.31. The van der Waals surface area contributed by atoms with E-state index in [1.165, 1.54) is 7.11 Å². The highest BCUT2D eigenvalue weighted by Gasteiger charge is 2.23. The topological polar surface area (TPSA) is 47.7 Å². The van der Waals surface area contributed by atoms with E-state index < -0.39 is 6.61 Å². The number of alkyl halides is 2. The van der Waals surface area contributed by atoms with Gasteiger partial charge in [-0.15, -0.1) is 0 Å². The van der Waals surface area contributed by atoms with E-state index in [2.05, 4.69) is 9.64 Å². The van der Waals surface area contributed by atoms with Crippen LogP contribution in [0.25, 0.3) is 0 Å². The van der Waals surface area contributed by atoms with Crippen molar-refractivity contribution in [1.82, 2.24) is 4.90 Å². The van der Waals surface area contributed by atoms with Gasteiger partial charge in [0.05, 0.1) is 7.11 Å². The second-order valence-electron chi connectivity index (χ2n) is 4.78. The molecule has 1 atom stereocenters. The summed E-state index contributed by atoms with van der Waals surface area (Å²) in [4.78, 5) is 2.27. The Morgan fingerprint density at radius 2 is 1.95 bits per heavy atom. The van der Waals surface area contributed by atoms with Gasteiger partial charge in [-0.2, -0.15) is 8.78 Å². The van der Waals surface area contributed by atoms with E-state index in [0.29, 0.717) is 12.3 Å². The molecule has 1 aliphatic rings. The van der Waals surface area contributed by atoms with Gasteiger partial charge in [-0.3, -0.25) is 4.90 Å². The molecule has 2 N–H and O–H groups in total. The van der Waals surface area contributed by atoms with Crippen LogP contribution in [0.5, 0.6) is 11.5 Å². The lowest BCUT2D eigenvalue weighted by molar-refractivity contribution is -0.0513. The first-order valence-electron chi connectivity index (χ1n) is 6.72. The van der Waals surface area contributed by atoms with Crippen LogP contribution in [0.1, 0.15) is 24.4 Å². The van der Waals surface area contributed by atoms with Crippen molar-refractivity contribution in [3.8, 4) is 11.5 Å². The highest BCUT2D eigenvalue weighted by Crippen LogP contribution is 2.33. The van der Waals surface area contributed by atoms with Crippen LogP contribution in [-0.2, 0) is 0 Å². The summed E-state index contributed by atoms with van der Waals surface area (Å²) in [6.45, 7) is -0.458. The van der Waals surface area contributed by atoms with Gasteiger partial charge in [-0.1, -0.05) is 6.07 Å². The van der Waals surface area contributed by atoms with Gasteiger partial charge in [0.2, 0.25) is 0 Å². The smallest absolute Gasteiger partial charge is 0.387 e. The van der Waals surface area contributed by atoms with E-state index in [1.807, 2.05) is 6.07 Å². The van der Waals surface area contributed by atoms with E-state index in [-0.39, 0.29) is 11.8 Å². The molecule has 1 aromatic carbocycles. The summed E-state index contributed by atoms with van der Waals surface area (Å²) in [6, 6.07) is 5.13. The average Bonchev–Trinajstić information content (AvgIpc) is 2.93. The van der Waals surface area contributed by atoms with E-state index in [1.54, 1.807) is 12.1 Å². The lowest BCUT2D eigenvalue weighted by Gasteiger charge is -2.27. The molecule has 1 fully saturated rings. The first kappa shape index (κ1) is 15.0. The third-order valence-corrected chi connectivity index (χ3v) is 3.59. The molecule has 4 nitrogen and oxygen atoms in total. The number of likely N-dealkylation sites (tertiary alicyclic amines) is 1. The molecule has 112 valence electrons. The zero-order valence-electron chi connectivity index (χ0n) is 11.5. The van der Waals surface area contributed by atoms with E-state index >= 15 is 0 Å². The van der Waals surface area contributed by atoms with Crippen LogP contribution in [0.2, 0.25) is 0 Å². The number of rotatable bonds is 6. The Labute approximate surface area is 117 Å². The fourth-order valence-corrected chi connectivity index (χ4v) is 2.64. The fourth-order valence-electron chi connectivity index (χ4n) is 2.64. The summed E-state index contributed by atoms with van der Waals surface area (Å²) in [5, 5.41) is 0. The van der Waals surface area contributed by atoms with Gasteiger partial charge in [0.15, 0.2) is 11.5 Å². The molecule has 0 bridgehead atoms. The molecule has 0 amide bonds. The fraction of sp³-hybridized carbons (Fsp3) is 0.571. The van der Waals surface area contributed by atoms with Crippen LogP contribution in [0, 0.1) is 0 Å². The Morgan fingerprint density at radius 1 is 1.25 bits per heavy atom. The Morgan fingerprint density at radius 3 is 2.50 bits per heavy atom. The van der Waals surface area contributed by atoms with Crippen molar-refractivity contribution in [2.45, 2.75) is 25.5 Å². The second-order valence-corrected chi connectivity index (χ2v) is 4.78. The number of methoxy groups -OCH3 is 1. The second kappa shape index (κ2) is 6.85. The molecule has 0 saturated carbocycles. The largest absolute Gasteiger partial charge is 0.493 e. The van der Waals surface area contributed by atoms with Gasteiger partial charge in [-0.25, -0.2) is 0 Å². The molecule has 1 unspecified atom stereocenters. The van der Waals surface area contributed by atoms with Crippen LogP contribution in [0.15, 0.2) is 18.2 Å². The quantitative estimate of drug-likeness (QED) is 0.872. The molecule has 6 heteroatoms. The SMILES string of the molecule is COc1ccc(C(CN)N2CCCC2)cc1OC(F)F. The molecule has 0 spiro atoms. The van der Waals surface area contributed by atoms with E-state index in [0.717, 1.165) is 31.5 Å². The standard InChI is InChI=1S/C14H20F2N2O2/c1-19-12-5-4-10(8-13(12)20-14(15)16)11(9-17)18-6-2-3-7-18/h4-5,8,11,14H,2-3,6-7,9,17H2,1H3. The van der Waals surface area contributed by atoms with Gasteiger partial charge in [0.1, 0.15) is 0 Å². The summed E-state index contributed by atoms with van der Waals surface area (Å²) < 4.78 is 34.4. The zero-order valence-corrected chi connectivity index (χ0v) is 11.5. The van der Waals surface area contributed by atoms with Crippen molar-refractivity contribution in [3.05, 3.63) is 23.8 Å². The van der Waals surface area contributed by atoms with Crippen LogP contribution in [0.3, 0.4) is 0 Å². The summed E-state index contributed by atoms with van der Waals surface area (Å²) >= 11 is 0. The molecule has 1 heterocycles. The molecular formula is C14H20F2N2O2. The summed E-state index contributed by atoms with van der Waals surface area (Å²) in [5.41, 5.74) is 6.73. The Kier molecular flexibility index (Phi) is 5.14. The minimum atomic E-state index is -2.87. The predicted octanol–water partition coefficient (Wildman–Crippen LogP) is 2.39. The van der Waals surface area contributed by atoms with Gasteiger partial charge in [-0.05, 0) is 43.6 Å². The molecule has 1 saturated heterocycles. The van der Waals surface area contributed by atoms with Crippen molar-refractivity contribution in [3.63, 3.8) is 0 Å². The van der Waals surface area contributed by atoms with Crippen LogP contribution in [-0.4, -0.2) is 38.3 Å². The third-order valence-electron chi connectivity index (χ3n) is 3.59. The number of hydrogen-bond donors (Lipinski definition) is 1. The monoisotopic (exact) mass is 286 g/mol. The predicted molar refractivity (Wildman–Crippen MR) is 72.2 cm³/mol. The van der Waals surface area contributed by atoms with Gasteiger partial charge in [0, 0.05) is 12.6 Å². The number of ether oxygens (including phenoxy) is 2. The molecule has 2 rings (SSSR count). The number of halogens is 2. The molecule has 0 aliphatic carbocycles. The Hall–Kier alpha value is -1.40. The number of benzene rings is 1. The maximum absolute atomic E-state index is 12.4. The molecule has 1 aliphatic heterocycles. The highest BCUT2D eigenvalue weighted by atomic mass is 19.3. The summed E-state index contributed by atoms with van der Waals surface area (Å²) in [6.07, 6.45) is 2.29. The van der Waals surface area contributed by atoms with Crippen LogP contribution < -0.4 is 15.2 Å². The maximum Gasteiger partial charge on any atom is 0.387 e. The molecular weight excluding hydrogens is 266 g/mol. The highest BCUT2D eigenvalue weighted by molar-refractivity contribution is 5.44. The van der Waals surface area contributed by atoms with Gasteiger partial charge in [0.25, 0.3) is 0 Å². The minimum absolute atomic E-state index is 0.0310. The first-order chi connectivity index (χ1) is 9.65.